The normalized spacial score (nSPS) is 26.2. The third-order valence-corrected chi connectivity index (χ3v) is 4.07. The van der Waals surface area contributed by atoms with Gasteiger partial charge < -0.3 is 9.47 Å². The van der Waals surface area contributed by atoms with Crippen molar-refractivity contribution in [2.45, 2.75) is 25.3 Å². The number of hydrogen-bond acceptors (Lipinski definition) is 3. The lowest BCUT2D eigenvalue weighted by atomic mass is 9.89. The summed E-state index contributed by atoms with van der Waals surface area (Å²) in [6.45, 7) is 3.51. The third-order valence-electron chi connectivity index (χ3n) is 4.07. The minimum Gasteiger partial charge on any atom is -0.493 e. The van der Waals surface area contributed by atoms with Crippen LogP contribution < -0.4 is 9.47 Å². The summed E-state index contributed by atoms with van der Waals surface area (Å²) in [6.07, 6.45) is 2.56. The predicted molar refractivity (Wildman–Crippen MR) is 66.8 cm³/mol. The van der Waals surface area contributed by atoms with Crippen LogP contribution in [0.25, 0.3) is 0 Å². The van der Waals surface area contributed by atoms with Gasteiger partial charge in [0.25, 0.3) is 0 Å². The zero-order valence-electron chi connectivity index (χ0n) is 10.5. The highest BCUT2D eigenvalue weighted by molar-refractivity contribution is 5.49. The van der Waals surface area contributed by atoms with Gasteiger partial charge in [0.15, 0.2) is 11.5 Å². The van der Waals surface area contributed by atoms with Gasteiger partial charge in [0.1, 0.15) is 0 Å². The van der Waals surface area contributed by atoms with Gasteiger partial charge >= 0.3 is 0 Å². The summed E-state index contributed by atoms with van der Waals surface area (Å²) >= 11 is 0. The summed E-state index contributed by atoms with van der Waals surface area (Å²) in [5.74, 6) is 2.43. The fourth-order valence-corrected chi connectivity index (χ4v) is 3.10. The van der Waals surface area contributed by atoms with Gasteiger partial charge in [-0.15, -0.1) is 0 Å². The van der Waals surface area contributed by atoms with E-state index >= 15 is 0 Å². The van der Waals surface area contributed by atoms with Gasteiger partial charge in [0, 0.05) is 6.54 Å². The van der Waals surface area contributed by atoms with E-state index in [4.69, 9.17) is 9.47 Å². The highest BCUT2D eigenvalue weighted by atomic mass is 16.5. The number of ether oxygens (including phenoxy) is 2. The van der Waals surface area contributed by atoms with Crippen molar-refractivity contribution >= 4 is 0 Å². The van der Waals surface area contributed by atoms with Gasteiger partial charge in [-0.2, -0.15) is 0 Å². The predicted octanol–water partition coefficient (Wildman–Crippen LogP) is 2.40. The second-order valence-corrected chi connectivity index (χ2v) is 4.96. The summed E-state index contributed by atoms with van der Waals surface area (Å²) in [5, 5.41) is 0. The summed E-state index contributed by atoms with van der Waals surface area (Å²) in [4.78, 5) is 2.54. The Morgan fingerprint density at radius 2 is 1.71 bits per heavy atom. The lowest BCUT2D eigenvalue weighted by molar-refractivity contribution is 0.220. The van der Waals surface area contributed by atoms with Crippen molar-refractivity contribution in [3.05, 3.63) is 23.3 Å². The molecule has 0 atom stereocenters. The number of benzene rings is 1. The molecule has 0 N–H and O–H groups in total. The van der Waals surface area contributed by atoms with Crippen LogP contribution in [0.1, 0.15) is 29.9 Å². The summed E-state index contributed by atoms with van der Waals surface area (Å²) in [7, 11) is 3.41. The van der Waals surface area contributed by atoms with E-state index in [1.165, 1.54) is 37.1 Å². The number of methoxy groups -OCH3 is 2. The van der Waals surface area contributed by atoms with Crippen molar-refractivity contribution in [2.24, 2.45) is 0 Å². The van der Waals surface area contributed by atoms with E-state index in [1.54, 1.807) is 14.2 Å². The summed E-state index contributed by atoms with van der Waals surface area (Å²) in [5.41, 5.74) is 2.89. The molecule has 0 unspecified atom stereocenters. The van der Waals surface area contributed by atoms with Crippen LogP contribution in [-0.2, 0) is 6.54 Å². The molecule has 0 saturated carbocycles. The largest absolute Gasteiger partial charge is 0.493 e. The molecule has 17 heavy (non-hydrogen) atoms. The molecule has 0 amide bonds. The van der Waals surface area contributed by atoms with Crippen molar-refractivity contribution < 1.29 is 9.47 Å². The quantitative estimate of drug-likeness (QED) is 0.783. The van der Waals surface area contributed by atoms with Crippen molar-refractivity contribution in [2.75, 3.05) is 27.3 Å². The first kappa shape index (κ1) is 10.9. The molecule has 2 bridgehead atoms. The number of rotatable bonds is 2. The van der Waals surface area contributed by atoms with E-state index in [-0.39, 0.29) is 0 Å². The number of piperidine rings is 1. The van der Waals surface area contributed by atoms with Gasteiger partial charge in [-0.25, -0.2) is 0 Å². The lowest BCUT2D eigenvalue weighted by Crippen LogP contribution is -2.28. The number of nitrogens with zero attached hydrogens (tertiary/aromatic N) is 1. The Hall–Kier alpha value is -1.22. The maximum atomic E-state index is 5.41. The van der Waals surface area contributed by atoms with Gasteiger partial charge in [0.2, 0.25) is 0 Å². The molecule has 1 fully saturated rings. The smallest absolute Gasteiger partial charge is 0.161 e. The minimum absolute atomic E-state index is 0.712. The van der Waals surface area contributed by atoms with Gasteiger partial charge in [-0.3, -0.25) is 4.90 Å². The van der Waals surface area contributed by atoms with E-state index in [0.717, 1.165) is 18.0 Å². The van der Waals surface area contributed by atoms with E-state index in [0.29, 0.717) is 5.92 Å². The van der Waals surface area contributed by atoms with Crippen molar-refractivity contribution in [1.82, 2.24) is 4.90 Å². The van der Waals surface area contributed by atoms with Crippen LogP contribution >= 0.6 is 0 Å². The molecular weight excluding hydrogens is 214 g/mol. The van der Waals surface area contributed by atoms with Crippen LogP contribution in [0.4, 0.5) is 0 Å². The number of hydrogen-bond donors (Lipinski definition) is 0. The Bertz CT molecular complexity index is 422. The summed E-state index contributed by atoms with van der Waals surface area (Å²) in [6, 6.07) is 4.35. The van der Waals surface area contributed by atoms with E-state index in [9.17, 15) is 0 Å². The molecule has 3 heterocycles. The molecule has 4 rings (SSSR count). The molecule has 3 aliphatic rings. The average Bonchev–Trinajstić information content (AvgIpc) is 2.65. The van der Waals surface area contributed by atoms with Gasteiger partial charge in [-0.05, 0) is 55.1 Å². The van der Waals surface area contributed by atoms with Crippen LogP contribution in [0.3, 0.4) is 0 Å². The SMILES string of the molecule is COc1cc2c(cc1OC)C1CCN(CC1)C2. The Morgan fingerprint density at radius 3 is 2.35 bits per heavy atom. The number of fused-ring (bicyclic) bond motifs is 2. The van der Waals surface area contributed by atoms with E-state index in [2.05, 4.69) is 17.0 Å². The van der Waals surface area contributed by atoms with Crippen molar-refractivity contribution in [3.63, 3.8) is 0 Å². The zero-order valence-corrected chi connectivity index (χ0v) is 10.5. The summed E-state index contributed by atoms with van der Waals surface area (Å²) < 4.78 is 10.8. The van der Waals surface area contributed by atoms with Crippen LogP contribution in [-0.4, -0.2) is 32.2 Å². The molecule has 92 valence electrons. The molecule has 0 aromatic heterocycles. The molecule has 0 spiro atoms. The molecule has 1 saturated heterocycles. The standard InChI is InChI=1S/C14H19NO2/c1-16-13-7-11-9-15-5-3-10(4-6-15)12(11)8-14(13)17-2/h7-8,10H,3-6,9H2,1-2H3. The van der Waals surface area contributed by atoms with Crippen LogP contribution in [0.2, 0.25) is 0 Å². The first-order valence-electron chi connectivity index (χ1n) is 6.29. The van der Waals surface area contributed by atoms with Crippen LogP contribution in [0.15, 0.2) is 12.1 Å². The Labute approximate surface area is 102 Å². The monoisotopic (exact) mass is 233 g/mol. The second-order valence-electron chi connectivity index (χ2n) is 4.96. The molecule has 0 aliphatic carbocycles. The minimum atomic E-state index is 0.712. The van der Waals surface area contributed by atoms with Crippen LogP contribution in [0.5, 0.6) is 11.5 Å². The molecule has 3 nitrogen and oxygen atoms in total. The third kappa shape index (κ3) is 1.78. The topological polar surface area (TPSA) is 21.7 Å². The lowest BCUT2D eigenvalue weighted by Gasteiger charge is -2.26. The molecule has 1 aromatic carbocycles. The molecular formula is C14H19NO2. The Morgan fingerprint density at radius 1 is 1.06 bits per heavy atom. The molecule has 0 radical (unpaired) electrons. The molecule has 1 aromatic rings. The average molecular weight is 233 g/mol. The zero-order chi connectivity index (χ0) is 11.8. The highest BCUT2D eigenvalue weighted by Gasteiger charge is 2.28. The first-order chi connectivity index (χ1) is 8.31. The second kappa shape index (κ2) is 4.22. The van der Waals surface area contributed by atoms with E-state index < -0.39 is 0 Å². The first-order valence-corrected chi connectivity index (χ1v) is 6.29. The van der Waals surface area contributed by atoms with Gasteiger partial charge in [0.05, 0.1) is 14.2 Å². The maximum Gasteiger partial charge on any atom is 0.161 e. The van der Waals surface area contributed by atoms with Crippen molar-refractivity contribution in [3.8, 4) is 11.5 Å². The fourth-order valence-electron chi connectivity index (χ4n) is 3.10. The van der Waals surface area contributed by atoms with Gasteiger partial charge in [-0.1, -0.05) is 0 Å². The maximum absolute atomic E-state index is 5.41. The molecule has 3 heteroatoms. The Kier molecular flexibility index (Phi) is 2.71. The Balaban J connectivity index is 2.09. The highest BCUT2D eigenvalue weighted by Crippen LogP contribution is 2.40. The van der Waals surface area contributed by atoms with Crippen molar-refractivity contribution in [1.29, 1.82) is 0 Å². The molecule has 3 aliphatic heterocycles. The fraction of sp³-hybridized carbons (Fsp3) is 0.571. The van der Waals surface area contributed by atoms with Crippen LogP contribution in [0, 0.1) is 0 Å². The van der Waals surface area contributed by atoms with E-state index in [1.807, 2.05) is 0 Å².